The Bertz CT molecular complexity index is 786. The van der Waals surface area contributed by atoms with Gasteiger partial charge in [-0.05, 0) is 51.6 Å². The number of ether oxygens (including phenoxy) is 1. The largest absolute Gasteiger partial charge is 1.00 e. The smallest absolute Gasteiger partial charge is 0.676 e. The SMILES string of the molecule is C/C=C(\OC(=O)N(C)CC[NH-])C(CC(C)N(C)C)(c1ccccc1)c1ccccc1.[Ag+]. The number of rotatable bonds is 9. The Morgan fingerprint density at radius 3 is 1.90 bits per heavy atom. The van der Waals surface area contributed by atoms with Gasteiger partial charge in [-0.2, -0.15) is 0 Å². The maximum absolute atomic E-state index is 12.8. The third kappa shape index (κ3) is 6.55. The van der Waals surface area contributed by atoms with Gasteiger partial charge in [0.25, 0.3) is 0 Å². The molecule has 0 spiro atoms. The summed E-state index contributed by atoms with van der Waals surface area (Å²) in [5.74, 6) is 0.607. The van der Waals surface area contributed by atoms with Crippen molar-refractivity contribution in [1.82, 2.24) is 9.80 Å². The van der Waals surface area contributed by atoms with Gasteiger partial charge in [-0.15, -0.1) is 6.54 Å². The molecule has 2 aromatic rings. The molecule has 1 atom stereocenters. The van der Waals surface area contributed by atoms with Crippen molar-refractivity contribution in [2.75, 3.05) is 34.2 Å². The second kappa shape index (κ2) is 12.8. The van der Waals surface area contributed by atoms with Crippen LogP contribution >= 0.6 is 0 Å². The van der Waals surface area contributed by atoms with Gasteiger partial charge in [-0.1, -0.05) is 60.7 Å². The number of hydrogen-bond acceptors (Lipinski definition) is 3. The maximum Gasteiger partial charge on any atom is 1.00 e. The molecular formula is C25H34AgN3O2. The van der Waals surface area contributed by atoms with Crippen molar-refractivity contribution in [3.8, 4) is 0 Å². The first kappa shape index (κ1) is 27.1. The summed E-state index contributed by atoms with van der Waals surface area (Å²) in [5.41, 5.74) is 8.94. The topological polar surface area (TPSA) is 56.6 Å². The monoisotopic (exact) mass is 515 g/mol. The molecule has 1 unspecified atom stereocenters. The van der Waals surface area contributed by atoms with Crippen LogP contribution in [0.2, 0.25) is 0 Å². The number of allylic oxidation sites excluding steroid dienone is 2. The Morgan fingerprint density at radius 2 is 1.52 bits per heavy atom. The maximum atomic E-state index is 12.8. The van der Waals surface area contributed by atoms with E-state index in [1.54, 1.807) is 7.05 Å². The Morgan fingerprint density at radius 1 is 1.03 bits per heavy atom. The van der Waals surface area contributed by atoms with Gasteiger partial charge in [0.15, 0.2) is 0 Å². The van der Waals surface area contributed by atoms with Gasteiger partial charge >= 0.3 is 28.5 Å². The van der Waals surface area contributed by atoms with Crippen molar-refractivity contribution in [3.63, 3.8) is 0 Å². The van der Waals surface area contributed by atoms with Crippen LogP contribution in [0, 0.1) is 0 Å². The van der Waals surface area contributed by atoms with E-state index in [1.165, 1.54) is 4.90 Å². The minimum atomic E-state index is -0.627. The molecule has 1 N–H and O–H groups in total. The van der Waals surface area contributed by atoms with Crippen LogP contribution in [0.3, 0.4) is 0 Å². The van der Waals surface area contributed by atoms with Crippen LogP contribution < -0.4 is 0 Å². The summed E-state index contributed by atoms with van der Waals surface area (Å²) in [6, 6.07) is 20.7. The molecule has 0 radical (unpaired) electrons. The van der Waals surface area contributed by atoms with Crippen LogP contribution in [0.15, 0.2) is 72.5 Å². The molecule has 0 bridgehead atoms. The summed E-state index contributed by atoms with van der Waals surface area (Å²) in [7, 11) is 5.79. The number of nitrogens with one attached hydrogen (secondary N) is 1. The zero-order valence-electron chi connectivity index (χ0n) is 19.1. The van der Waals surface area contributed by atoms with E-state index in [4.69, 9.17) is 10.5 Å². The normalized spacial score (nSPS) is 12.8. The van der Waals surface area contributed by atoms with Crippen LogP contribution in [0.25, 0.3) is 5.73 Å². The predicted octanol–water partition coefficient (Wildman–Crippen LogP) is 5.33. The predicted molar refractivity (Wildman–Crippen MR) is 123 cm³/mol. The summed E-state index contributed by atoms with van der Waals surface area (Å²) in [4.78, 5) is 16.4. The van der Waals surface area contributed by atoms with Crippen molar-refractivity contribution in [1.29, 1.82) is 0 Å². The van der Waals surface area contributed by atoms with E-state index in [2.05, 4.69) is 50.2 Å². The standard InChI is InChI=1S/C25H34N3O2.Ag/c1-6-23(30-24(29)28(5)18-17-26)25(19-20(2)27(3)4,21-13-9-7-10-14-21)22-15-11-8-12-16-22;/h6-16,20,26H,17-19H2,1-5H3;/q-1;+1/b23-6-;. The number of likely N-dealkylation sites (N-methyl/N-ethyl adjacent to an activating group) is 1. The van der Waals surface area contributed by atoms with Crippen LogP contribution in [0.5, 0.6) is 0 Å². The number of nitrogens with zero attached hydrogens (tertiary/aromatic N) is 2. The molecule has 31 heavy (non-hydrogen) atoms. The Labute approximate surface area is 202 Å². The molecule has 0 aliphatic heterocycles. The fourth-order valence-electron chi connectivity index (χ4n) is 3.68. The van der Waals surface area contributed by atoms with Gasteiger partial charge in [-0.25, -0.2) is 4.79 Å². The molecule has 0 saturated heterocycles. The molecule has 0 aliphatic rings. The Hall–Kier alpha value is -1.89. The van der Waals surface area contributed by atoms with E-state index in [0.29, 0.717) is 12.3 Å². The zero-order valence-corrected chi connectivity index (χ0v) is 20.5. The zero-order chi connectivity index (χ0) is 22.1. The minimum absolute atomic E-state index is 0. The quantitative estimate of drug-likeness (QED) is 0.334. The van der Waals surface area contributed by atoms with E-state index in [9.17, 15) is 4.79 Å². The van der Waals surface area contributed by atoms with E-state index in [1.807, 2.05) is 49.4 Å². The van der Waals surface area contributed by atoms with Gasteiger partial charge < -0.3 is 20.3 Å². The molecule has 1 amide bonds. The molecule has 6 heteroatoms. The van der Waals surface area contributed by atoms with Crippen LogP contribution in [-0.2, 0) is 32.5 Å². The number of benzene rings is 2. The van der Waals surface area contributed by atoms with Gasteiger partial charge in [0.05, 0.1) is 5.41 Å². The summed E-state index contributed by atoms with van der Waals surface area (Å²) in [6.45, 7) is 4.56. The molecular weight excluding hydrogens is 482 g/mol. The Balaban J connectivity index is 0.00000480. The van der Waals surface area contributed by atoms with Crippen LogP contribution in [0.4, 0.5) is 4.79 Å². The van der Waals surface area contributed by atoms with E-state index < -0.39 is 11.5 Å². The summed E-state index contributed by atoms with van der Waals surface area (Å²) in [6.07, 6.45) is 2.20. The Kier molecular flexibility index (Phi) is 11.2. The molecule has 0 saturated carbocycles. The number of carbonyl (C=O) groups is 1. The first-order valence-electron chi connectivity index (χ1n) is 10.4. The van der Waals surface area contributed by atoms with Gasteiger partial charge in [-0.3, -0.25) is 0 Å². The van der Waals surface area contributed by atoms with E-state index in [-0.39, 0.29) is 35.0 Å². The number of hydrogen-bond donors (Lipinski definition) is 0. The fraction of sp³-hybridized carbons (Fsp3) is 0.400. The summed E-state index contributed by atoms with van der Waals surface area (Å²) < 4.78 is 6.02. The van der Waals surface area contributed by atoms with Gasteiger partial charge in [0.1, 0.15) is 5.76 Å². The van der Waals surface area contributed by atoms with Crippen molar-refractivity contribution < 1.29 is 31.9 Å². The molecule has 5 nitrogen and oxygen atoms in total. The summed E-state index contributed by atoms with van der Waals surface area (Å²) in [5, 5.41) is 0. The number of carbonyl (C=O) groups excluding carboxylic acids is 1. The van der Waals surface area contributed by atoms with Gasteiger partial charge in [0, 0.05) is 19.6 Å². The molecule has 0 heterocycles. The molecule has 2 rings (SSSR count). The van der Waals surface area contributed by atoms with E-state index in [0.717, 1.165) is 17.5 Å². The number of amides is 1. The van der Waals surface area contributed by atoms with Crippen molar-refractivity contribution in [2.45, 2.75) is 31.7 Å². The van der Waals surface area contributed by atoms with Gasteiger partial charge in [0.2, 0.25) is 0 Å². The average molecular weight is 516 g/mol. The molecule has 2 aromatic carbocycles. The molecule has 0 aliphatic carbocycles. The van der Waals surface area contributed by atoms with Crippen molar-refractivity contribution >= 4 is 6.09 Å². The molecule has 172 valence electrons. The van der Waals surface area contributed by atoms with E-state index >= 15 is 0 Å². The van der Waals surface area contributed by atoms with Crippen LogP contribution in [0.1, 0.15) is 31.4 Å². The van der Waals surface area contributed by atoms with Crippen molar-refractivity contribution in [3.05, 3.63) is 89.4 Å². The average Bonchev–Trinajstić information content (AvgIpc) is 2.77. The second-order valence-corrected chi connectivity index (χ2v) is 7.85. The van der Waals surface area contributed by atoms with Crippen molar-refractivity contribution in [2.24, 2.45) is 0 Å². The first-order chi connectivity index (χ1) is 14.4. The third-order valence-electron chi connectivity index (χ3n) is 5.66. The molecule has 0 aromatic heterocycles. The summed E-state index contributed by atoms with van der Waals surface area (Å²) >= 11 is 0. The second-order valence-electron chi connectivity index (χ2n) is 7.85. The van der Waals surface area contributed by atoms with Crippen LogP contribution in [-0.4, -0.2) is 56.2 Å². The molecule has 0 fully saturated rings. The third-order valence-corrected chi connectivity index (χ3v) is 5.66. The first-order valence-corrected chi connectivity index (χ1v) is 10.4. The fourth-order valence-corrected chi connectivity index (χ4v) is 3.68. The minimum Gasteiger partial charge on any atom is -0.676 e.